The van der Waals surface area contributed by atoms with E-state index in [9.17, 15) is 19.5 Å². The molecule has 0 radical (unpaired) electrons. The van der Waals surface area contributed by atoms with Crippen molar-refractivity contribution in [3.05, 3.63) is 54.6 Å². The number of aliphatic hydroxyl groups excluding tert-OH is 1. The molecular formula is C26H31ClN2O5S. The molecule has 5 atom stereocenters. The first kappa shape index (κ1) is 25.8. The van der Waals surface area contributed by atoms with Crippen molar-refractivity contribution in [3.8, 4) is 0 Å². The first-order valence-corrected chi connectivity index (χ1v) is 13.0. The molecule has 1 spiro atoms. The molecule has 4 rings (SSSR count). The molecule has 1 aromatic carbocycles. The summed E-state index contributed by atoms with van der Waals surface area (Å²) in [5.74, 6) is -2.17. The number of amides is 2. The molecule has 0 aromatic heterocycles. The Balaban J connectivity index is 1.77. The summed E-state index contributed by atoms with van der Waals surface area (Å²) < 4.78 is 4.18. The molecule has 3 fully saturated rings. The Morgan fingerprint density at radius 2 is 2.00 bits per heavy atom. The van der Waals surface area contributed by atoms with Crippen molar-refractivity contribution < 1.29 is 24.2 Å². The number of carbonyl (C=O) groups is 3. The zero-order chi connectivity index (χ0) is 25.4. The molecule has 0 saturated carbocycles. The number of rotatable bonds is 10. The van der Waals surface area contributed by atoms with Gasteiger partial charge in [-0.05, 0) is 50.5 Å². The second kappa shape index (κ2) is 9.99. The van der Waals surface area contributed by atoms with E-state index in [2.05, 4.69) is 13.2 Å². The van der Waals surface area contributed by atoms with E-state index in [-0.39, 0.29) is 38.1 Å². The van der Waals surface area contributed by atoms with E-state index in [1.54, 1.807) is 51.9 Å². The lowest BCUT2D eigenvalue weighted by atomic mass is 9.66. The highest BCUT2D eigenvalue weighted by molar-refractivity contribution is 8.02. The minimum Gasteiger partial charge on any atom is -0.461 e. The van der Waals surface area contributed by atoms with Gasteiger partial charge in [-0.25, -0.2) is 0 Å². The van der Waals surface area contributed by atoms with E-state index in [4.69, 9.17) is 16.3 Å². The highest BCUT2D eigenvalue weighted by atomic mass is 35.5. The average Bonchev–Trinajstić information content (AvgIpc) is 3.40. The van der Waals surface area contributed by atoms with Crippen LogP contribution < -0.4 is 4.90 Å². The van der Waals surface area contributed by atoms with Gasteiger partial charge in [0.1, 0.15) is 12.6 Å². The van der Waals surface area contributed by atoms with Crippen LogP contribution in [0.15, 0.2) is 49.6 Å². The number of fused-ring (bicyclic) bond motifs is 1. The van der Waals surface area contributed by atoms with Crippen LogP contribution in [0.2, 0.25) is 5.02 Å². The van der Waals surface area contributed by atoms with Crippen molar-refractivity contribution in [3.63, 3.8) is 0 Å². The van der Waals surface area contributed by atoms with Crippen LogP contribution in [0.4, 0.5) is 5.69 Å². The molecule has 3 aliphatic heterocycles. The Bertz CT molecular complexity index is 1030. The van der Waals surface area contributed by atoms with E-state index in [1.807, 2.05) is 6.92 Å². The maximum atomic E-state index is 14.3. The molecule has 3 heterocycles. The van der Waals surface area contributed by atoms with Gasteiger partial charge < -0.3 is 19.6 Å². The smallest absolute Gasteiger partial charge is 0.311 e. The molecule has 2 bridgehead atoms. The quantitative estimate of drug-likeness (QED) is 0.377. The lowest BCUT2D eigenvalue weighted by Gasteiger charge is -2.37. The number of likely N-dealkylation sites (tertiary alicyclic amines) is 1. The molecule has 9 heteroatoms. The van der Waals surface area contributed by atoms with Crippen LogP contribution in [0.3, 0.4) is 0 Å². The van der Waals surface area contributed by atoms with Gasteiger partial charge in [-0.15, -0.1) is 18.3 Å². The van der Waals surface area contributed by atoms with Gasteiger partial charge in [0.15, 0.2) is 0 Å². The standard InChI is InChI=1S/C26H31ClN2O5S/c1-4-13-28(18-9-7-17(27)8-10-18)23(32)21-26-12-11-25(3,35-26)20(24(33)34-16-5-2)19(26)22(31)29(21)14-6-15-30/h4-5,7-10,19-21,30H,1-2,6,11-16H2,3H3/t19-,20+,21?,25-,26?/m0/s1. The van der Waals surface area contributed by atoms with Crippen LogP contribution in [0, 0.1) is 11.8 Å². The number of benzene rings is 1. The van der Waals surface area contributed by atoms with Crippen LogP contribution >= 0.6 is 23.4 Å². The summed E-state index contributed by atoms with van der Waals surface area (Å²) in [6, 6.07) is 6.19. The minimum atomic E-state index is -0.772. The molecular weight excluding hydrogens is 488 g/mol. The summed E-state index contributed by atoms with van der Waals surface area (Å²) >= 11 is 7.65. The van der Waals surface area contributed by atoms with Crippen LogP contribution in [-0.2, 0) is 19.1 Å². The van der Waals surface area contributed by atoms with Gasteiger partial charge in [0, 0.05) is 35.2 Å². The van der Waals surface area contributed by atoms with Crippen LogP contribution in [0.5, 0.6) is 0 Å². The SMILES string of the molecule is C=CCOC(=O)[C@H]1[C@H]2C(=O)N(CCCO)C(C(=O)N(CC=C)c3ccc(Cl)cc3)C23CC[C@]1(C)S3. The van der Waals surface area contributed by atoms with Crippen LogP contribution in [0.1, 0.15) is 26.2 Å². The van der Waals surface area contributed by atoms with Crippen molar-refractivity contribution >= 4 is 46.8 Å². The number of nitrogens with zero attached hydrogens (tertiary/aromatic N) is 2. The summed E-state index contributed by atoms with van der Waals surface area (Å²) in [5.41, 5.74) is 0.652. The number of hydrogen-bond donors (Lipinski definition) is 1. The van der Waals surface area contributed by atoms with E-state index in [0.717, 1.165) is 0 Å². The largest absolute Gasteiger partial charge is 0.461 e. The van der Waals surface area contributed by atoms with Gasteiger partial charge in [-0.2, -0.15) is 0 Å². The van der Waals surface area contributed by atoms with E-state index >= 15 is 0 Å². The van der Waals surface area contributed by atoms with Gasteiger partial charge >= 0.3 is 5.97 Å². The number of hydrogen-bond acceptors (Lipinski definition) is 6. The molecule has 1 aromatic rings. The molecule has 2 amide bonds. The number of thioether (sulfide) groups is 1. The molecule has 0 aliphatic carbocycles. The molecule has 3 saturated heterocycles. The topological polar surface area (TPSA) is 87.1 Å². The zero-order valence-corrected chi connectivity index (χ0v) is 21.4. The van der Waals surface area contributed by atoms with Gasteiger partial charge in [0.25, 0.3) is 5.91 Å². The Hall–Kier alpha value is -2.29. The molecule has 3 aliphatic rings. The Morgan fingerprint density at radius 3 is 2.63 bits per heavy atom. The maximum Gasteiger partial charge on any atom is 0.311 e. The van der Waals surface area contributed by atoms with E-state index in [1.165, 1.54) is 6.08 Å². The lowest BCUT2D eigenvalue weighted by Crippen LogP contribution is -2.55. The fourth-order valence-electron chi connectivity index (χ4n) is 6.00. The number of aliphatic hydroxyl groups is 1. The predicted octanol–water partition coefficient (Wildman–Crippen LogP) is 3.45. The molecule has 188 valence electrons. The van der Waals surface area contributed by atoms with Crippen LogP contribution in [0.25, 0.3) is 0 Å². The second-order valence-electron chi connectivity index (χ2n) is 9.47. The average molecular weight is 519 g/mol. The lowest BCUT2D eigenvalue weighted by molar-refractivity contribution is -0.154. The third-order valence-corrected chi connectivity index (χ3v) is 9.62. The van der Waals surface area contributed by atoms with Crippen LogP contribution in [-0.4, -0.2) is 69.6 Å². The Kier molecular flexibility index (Phi) is 7.36. The van der Waals surface area contributed by atoms with Crippen molar-refractivity contribution in [2.75, 3.05) is 31.2 Å². The highest BCUT2D eigenvalue weighted by Crippen LogP contribution is 2.71. The second-order valence-corrected chi connectivity index (χ2v) is 11.8. The van der Waals surface area contributed by atoms with Crippen molar-refractivity contribution in [2.45, 2.75) is 41.7 Å². The number of anilines is 1. The number of ether oxygens (including phenoxy) is 1. The van der Waals surface area contributed by atoms with Crippen molar-refractivity contribution in [1.29, 1.82) is 0 Å². The summed E-state index contributed by atoms with van der Waals surface area (Å²) in [4.78, 5) is 44.5. The summed E-state index contributed by atoms with van der Waals surface area (Å²) in [7, 11) is 0. The van der Waals surface area contributed by atoms with Crippen molar-refractivity contribution in [2.24, 2.45) is 11.8 Å². The van der Waals surface area contributed by atoms with E-state index < -0.39 is 33.3 Å². The number of esters is 1. The first-order chi connectivity index (χ1) is 16.7. The Morgan fingerprint density at radius 1 is 1.29 bits per heavy atom. The van der Waals surface area contributed by atoms with Gasteiger partial charge in [-0.1, -0.05) is 30.3 Å². The summed E-state index contributed by atoms with van der Waals surface area (Å²) in [5, 5.41) is 10.1. The third kappa shape index (κ3) is 4.19. The zero-order valence-electron chi connectivity index (χ0n) is 19.8. The van der Waals surface area contributed by atoms with Crippen molar-refractivity contribution in [1.82, 2.24) is 4.90 Å². The molecule has 35 heavy (non-hydrogen) atoms. The summed E-state index contributed by atoms with van der Waals surface area (Å²) in [6.45, 7) is 9.88. The predicted molar refractivity (Wildman–Crippen MR) is 137 cm³/mol. The number of halogens is 1. The molecule has 7 nitrogen and oxygen atoms in total. The normalized spacial score (nSPS) is 30.8. The monoisotopic (exact) mass is 518 g/mol. The summed E-state index contributed by atoms with van der Waals surface area (Å²) in [6.07, 6.45) is 4.84. The number of carbonyl (C=O) groups excluding carboxylic acids is 3. The molecule has 2 unspecified atom stereocenters. The Labute approximate surface area is 215 Å². The highest BCUT2D eigenvalue weighted by Gasteiger charge is 2.77. The first-order valence-electron chi connectivity index (χ1n) is 11.8. The van der Waals surface area contributed by atoms with Gasteiger partial charge in [0.2, 0.25) is 5.91 Å². The maximum absolute atomic E-state index is 14.3. The molecule has 1 N–H and O–H groups in total. The fraction of sp³-hybridized carbons (Fsp3) is 0.500. The van der Waals surface area contributed by atoms with Gasteiger partial charge in [-0.3, -0.25) is 14.4 Å². The van der Waals surface area contributed by atoms with E-state index in [0.29, 0.717) is 30.0 Å². The minimum absolute atomic E-state index is 0.0737. The third-order valence-electron chi connectivity index (χ3n) is 7.38. The fourth-order valence-corrected chi connectivity index (χ4v) is 8.46. The van der Waals surface area contributed by atoms with Gasteiger partial charge in [0.05, 0.1) is 16.6 Å².